The molecule has 1 aromatic heterocycles. The maximum atomic E-state index is 13.4. The van der Waals surface area contributed by atoms with Gasteiger partial charge in [0.1, 0.15) is 23.7 Å². The molecular weight excluding hydrogens is 245 g/mol. The largest absolute Gasteiger partial charge is 0.496 e. The van der Waals surface area contributed by atoms with Crippen LogP contribution in [-0.4, -0.2) is 23.6 Å². The summed E-state index contributed by atoms with van der Waals surface area (Å²) in [5, 5.41) is 3.15. The molecule has 100 valence electrons. The summed E-state index contributed by atoms with van der Waals surface area (Å²) >= 11 is 0. The highest BCUT2D eigenvalue weighted by Gasteiger charge is 2.13. The zero-order chi connectivity index (χ0) is 13.8. The number of methoxy groups -OCH3 is 1. The maximum absolute atomic E-state index is 13.4. The molecule has 1 aromatic carbocycles. The summed E-state index contributed by atoms with van der Waals surface area (Å²) in [6.07, 6.45) is 1.46. The topological polar surface area (TPSA) is 47.0 Å². The molecule has 0 saturated heterocycles. The third-order valence-electron chi connectivity index (χ3n) is 2.84. The van der Waals surface area contributed by atoms with Crippen molar-refractivity contribution >= 4 is 5.82 Å². The molecule has 2 aromatic rings. The predicted octanol–water partition coefficient (Wildman–Crippen LogP) is 3.03. The van der Waals surface area contributed by atoms with Crippen LogP contribution in [0.2, 0.25) is 0 Å². The minimum atomic E-state index is -0.321. The van der Waals surface area contributed by atoms with Crippen molar-refractivity contribution in [3.05, 3.63) is 35.9 Å². The fourth-order valence-corrected chi connectivity index (χ4v) is 1.93. The Hall–Kier alpha value is -2.17. The first-order chi connectivity index (χ1) is 9.17. The number of nitrogens with zero attached hydrogens (tertiary/aromatic N) is 2. The van der Waals surface area contributed by atoms with E-state index >= 15 is 0 Å². The Bertz CT molecular complexity index is 587. The molecule has 0 fully saturated rings. The highest BCUT2D eigenvalue weighted by molar-refractivity contribution is 5.73. The number of benzene rings is 1. The van der Waals surface area contributed by atoms with E-state index in [1.165, 1.54) is 18.5 Å². The normalized spacial score (nSPS) is 10.3. The van der Waals surface area contributed by atoms with Gasteiger partial charge >= 0.3 is 0 Å². The first-order valence-corrected chi connectivity index (χ1v) is 6.06. The van der Waals surface area contributed by atoms with E-state index in [9.17, 15) is 4.39 Å². The minimum Gasteiger partial charge on any atom is -0.496 e. The van der Waals surface area contributed by atoms with Gasteiger partial charge in [0.15, 0.2) is 0 Å². The zero-order valence-corrected chi connectivity index (χ0v) is 11.2. The molecule has 0 spiro atoms. The highest BCUT2D eigenvalue weighted by atomic mass is 19.1. The Balaban J connectivity index is 2.58. The van der Waals surface area contributed by atoms with E-state index in [0.29, 0.717) is 17.0 Å². The van der Waals surface area contributed by atoms with E-state index in [-0.39, 0.29) is 5.82 Å². The monoisotopic (exact) mass is 261 g/mol. The molecule has 0 aliphatic carbocycles. The number of anilines is 1. The lowest BCUT2D eigenvalue weighted by atomic mass is 10.1. The molecule has 19 heavy (non-hydrogen) atoms. The Morgan fingerprint density at radius 1 is 1.32 bits per heavy atom. The van der Waals surface area contributed by atoms with Crippen LogP contribution in [0.4, 0.5) is 10.2 Å². The van der Waals surface area contributed by atoms with E-state index in [0.717, 1.165) is 17.9 Å². The lowest BCUT2D eigenvalue weighted by Gasteiger charge is -2.13. The summed E-state index contributed by atoms with van der Waals surface area (Å²) in [5.41, 5.74) is 2.16. The van der Waals surface area contributed by atoms with E-state index in [4.69, 9.17) is 4.74 Å². The number of halogens is 1. The average molecular weight is 261 g/mol. The van der Waals surface area contributed by atoms with Crippen molar-refractivity contribution in [1.82, 2.24) is 9.97 Å². The van der Waals surface area contributed by atoms with Gasteiger partial charge in [0.05, 0.1) is 12.8 Å². The number of aromatic nitrogens is 2. The molecule has 5 heteroatoms. The summed E-state index contributed by atoms with van der Waals surface area (Å²) in [6.45, 7) is 4.65. The summed E-state index contributed by atoms with van der Waals surface area (Å²) in [6, 6.07) is 4.38. The second kappa shape index (κ2) is 5.65. The van der Waals surface area contributed by atoms with Crippen molar-refractivity contribution in [2.24, 2.45) is 0 Å². The third-order valence-corrected chi connectivity index (χ3v) is 2.84. The fraction of sp³-hybridized carbons (Fsp3) is 0.286. The van der Waals surface area contributed by atoms with Gasteiger partial charge in [-0.3, -0.25) is 0 Å². The van der Waals surface area contributed by atoms with Crippen LogP contribution in [0, 0.1) is 12.7 Å². The van der Waals surface area contributed by atoms with Gasteiger partial charge in [-0.15, -0.1) is 0 Å². The van der Waals surface area contributed by atoms with Gasteiger partial charge in [0.25, 0.3) is 0 Å². The molecule has 2 rings (SSSR count). The van der Waals surface area contributed by atoms with Crippen molar-refractivity contribution in [3.63, 3.8) is 0 Å². The van der Waals surface area contributed by atoms with Crippen LogP contribution in [0.15, 0.2) is 24.5 Å². The van der Waals surface area contributed by atoms with Gasteiger partial charge in [-0.25, -0.2) is 14.4 Å². The lowest BCUT2D eigenvalue weighted by molar-refractivity contribution is 0.415. The molecule has 0 atom stereocenters. The molecule has 0 saturated carbocycles. The number of nitrogens with one attached hydrogen (secondary N) is 1. The summed E-state index contributed by atoms with van der Waals surface area (Å²) in [5.74, 6) is 1.02. The Kier molecular flexibility index (Phi) is 3.94. The van der Waals surface area contributed by atoms with Gasteiger partial charge in [0, 0.05) is 17.7 Å². The Labute approximate surface area is 111 Å². The highest BCUT2D eigenvalue weighted by Crippen LogP contribution is 2.32. The zero-order valence-electron chi connectivity index (χ0n) is 11.2. The van der Waals surface area contributed by atoms with E-state index in [1.807, 2.05) is 13.8 Å². The molecule has 0 aliphatic rings. The average Bonchev–Trinajstić information content (AvgIpc) is 2.41. The van der Waals surface area contributed by atoms with Gasteiger partial charge in [-0.2, -0.15) is 0 Å². The smallest absolute Gasteiger partial charge is 0.132 e. The van der Waals surface area contributed by atoms with Gasteiger partial charge < -0.3 is 10.1 Å². The first-order valence-electron chi connectivity index (χ1n) is 6.06. The predicted molar refractivity (Wildman–Crippen MR) is 72.9 cm³/mol. The second-order valence-electron chi connectivity index (χ2n) is 4.07. The number of hydrogen-bond acceptors (Lipinski definition) is 4. The van der Waals surface area contributed by atoms with E-state index in [1.54, 1.807) is 13.2 Å². The molecule has 0 unspecified atom stereocenters. The van der Waals surface area contributed by atoms with Crippen LogP contribution in [0.25, 0.3) is 11.3 Å². The van der Waals surface area contributed by atoms with E-state index in [2.05, 4.69) is 15.3 Å². The van der Waals surface area contributed by atoms with Gasteiger partial charge in [-0.05, 0) is 32.0 Å². The van der Waals surface area contributed by atoms with Crippen molar-refractivity contribution in [1.29, 1.82) is 0 Å². The van der Waals surface area contributed by atoms with Crippen LogP contribution >= 0.6 is 0 Å². The standard InChI is InChI=1S/C14H16FN3O/c1-4-16-14-9(2)13(17-8-18-14)11-7-10(15)5-6-12(11)19-3/h5-8H,4H2,1-3H3,(H,16,17,18). The molecule has 1 N–H and O–H groups in total. The molecule has 0 aliphatic heterocycles. The van der Waals surface area contributed by atoms with Gasteiger partial charge in [-0.1, -0.05) is 0 Å². The van der Waals surface area contributed by atoms with Gasteiger partial charge in [0.2, 0.25) is 0 Å². The van der Waals surface area contributed by atoms with Crippen molar-refractivity contribution in [3.8, 4) is 17.0 Å². The first kappa shape index (κ1) is 13.3. The van der Waals surface area contributed by atoms with Crippen LogP contribution in [0.5, 0.6) is 5.75 Å². The van der Waals surface area contributed by atoms with Crippen LogP contribution in [0.3, 0.4) is 0 Å². The van der Waals surface area contributed by atoms with Crippen LogP contribution in [0.1, 0.15) is 12.5 Å². The third kappa shape index (κ3) is 2.65. The molecule has 1 heterocycles. The molecule has 0 bridgehead atoms. The molecule has 4 nitrogen and oxygen atoms in total. The quantitative estimate of drug-likeness (QED) is 0.919. The van der Waals surface area contributed by atoms with Crippen LogP contribution in [-0.2, 0) is 0 Å². The maximum Gasteiger partial charge on any atom is 0.132 e. The van der Waals surface area contributed by atoms with Crippen molar-refractivity contribution in [2.75, 3.05) is 19.0 Å². The Morgan fingerprint density at radius 2 is 2.11 bits per heavy atom. The minimum absolute atomic E-state index is 0.321. The summed E-state index contributed by atoms with van der Waals surface area (Å²) < 4.78 is 18.7. The molecular formula is C14H16FN3O. The second-order valence-corrected chi connectivity index (χ2v) is 4.07. The van der Waals surface area contributed by atoms with E-state index < -0.39 is 0 Å². The molecule has 0 radical (unpaired) electrons. The Morgan fingerprint density at radius 3 is 2.79 bits per heavy atom. The van der Waals surface area contributed by atoms with Crippen LogP contribution < -0.4 is 10.1 Å². The summed E-state index contributed by atoms with van der Waals surface area (Å²) in [7, 11) is 1.55. The SMILES string of the molecule is CCNc1ncnc(-c2cc(F)ccc2OC)c1C. The lowest BCUT2D eigenvalue weighted by Crippen LogP contribution is -2.04. The van der Waals surface area contributed by atoms with Crippen molar-refractivity contribution in [2.45, 2.75) is 13.8 Å². The number of ether oxygens (including phenoxy) is 1. The van der Waals surface area contributed by atoms with Crippen molar-refractivity contribution < 1.29 is 9.13 Å². The summed E-state index contributed by atoms with van der Waals surface area (Å²) in [4.78, 5) is 8.42. The fourth-order valence-electron chi connectivity index (χ4n) is 1.93. The molecule has 0 amide bonds. The number of rotatable bonds is 4. The number of hydrogen-bond donors (Lipinski definition) is 1.